The molecule has 3 rings (SSSR count). The van der Waals surface area contributed by atoms with Crippen LogP contribution in [-0.2, 0) is 16.7 Å². The summed E-state index contributed by atoms with van der Waals surface area (Å²) in [6, 6.07) is 5.38. The summed E-state index contributed by atoms with van der Waals surface area (Å²) in [5.41, 5.74) is 0.739. The Kier molecular flexibility index (Phi) is 3.45. The van der Waals surface area contributed by atoms with Crippen molar-refractivity contribution in [1.82, 2.24) is 9.78 Å². The van der Waals surface area contributed by atoms with Gasteiger partial charge in [0.15, 0.2) is 5.82 Å². The van der Waals surface area contributed by atoms with Crippen molar-refractivity contribution in [2.75, 3.05) is 5.32 Å². The number of aromatic nitrogens is 2. The molecule has 0 saturated carbocycles. The first-order valence-electron chi connectivity index (χ1n) is 5.91. The molecule has 1 amide bonds. The number of aryl methyl sites for hydroxylation is 1. The van der Waals surface area contributed by atoms with Gasteiger partial charge in [-0.05, 0) is 12.1 Å². The highest BCUT2D eigenvalue weighted by Gasteiger charge is 2.29. The lowest BCUT2D eigenvalue weighted by atomic mass is 10.1. The molecular weight excluding hydrogens is 300 g/mol. The predicted molar refractivity (Wildman–Crippen MR) is 77.2 cm³/mol. The van der Waals surface area contributed by atoms with Gasteiger partial charge in [0, 0.05) is 25.7 Å². The number of thiophene rings is 1. The Hall–Kier alpha value is -1.86. The number of amides is 1. The smallest absolute Gasteiger partial charge is 0.269 e. The van der Waals surface area contributed by atoms with E-state index in [1.807, 2.05) is 6.07 Å². The van der Waals surface area contributed by atoms with Crippen LogP contribution >= 0.6 is 22.9 Å². The number of halogens is 1. The molecule has 0 saturated heterocycles. The van der Waals surface area contributed by atoms with E-state index in [0.717, 1.165) is 10.6 Å². The maximum atomic E-state index is 12.0. The summed E-state index contributed by atoms with van der Waals surface area (Å²) in [6.45, 7) is 0. The number of carbonyl (C=O) groups excluding carboxylic acids is 1. The fourth-order valence-corrected chi connectivity index (χ4v) is 2.85. The minimum atomic E-state index is -0.632. The number of rotatable bonds is 3. The average molecular weight is 311 g/mol. The molecule has 20 heavy (non-hydrogen) atoms. The Morgan fingerprint density at radius 1 is 1.55 bits per heavy atom. The van der Waals surface area contributed by atoms with Crippen molar-refractivity contribution < 1.29 is 9.63 Å². The highest BCUT2D eigenvalue weighted by atomic mass is 35.5. The molecule has 104 valence electrons. The first-order valence-corrected chi connectivity index (χ1v) is 7.10. The Morgan fingerprint density at radius 2 is 2.40 bits per heavy atom. The summed E-state index contributed by atoms with van der Waals surface area (Å²) in [7, 11) is 1.78. The van der Waals surface area contributed by atoms with Crippen LogP contribution in [-0.4, -0.2) is 27.5 Å². The normalized spacial score (nSPS) is 17.7. The van der Waals surface area contributed by atoms with Crippen molar-refractivity contribution in [1.29, 1.82) is 0 Å². The SMILES string of the molecule is Cn1ccc(NC(=O)[C@H]2CC(c3ccc(Cl)s3)=NO2)n1. The van der Waals surface area contributed by atoms with Crippen LogP contribution in [0, 0.1) is 0 Å². The highest BCUT2D eigenvalue weighted by Crippen LogP contribution is 2.26. The molecule has 0 unspecified atom stereocenters. The zero-order valence-corrected chi connectivity index (χ0v) is 12.1. The second-order valence-corrected chi connectivity index (χ2v) is 6.02. The Bertz CT molecular complexity index is 679. The largest absolute Gasteiger partial charge is 0.382 e. The summed E-state index contributed by atoms with van der Waals surface area (Å²) in [6.07, 6.45) is 1.55. The van der Waals surface area contributed by atoms with Gasteiger partial charge in [-0.2, -0.15) is 5.10 Å². The van der Waals surface area contributed by atoms with Crippen molar-refractivity contribution in [3.63, 3.8) is 0 Å². The molecule has 0 spiro atoms. The minimum Gasteiger partial charge on any atom is -0.382 e. The molecule has 0 aliphatic carbocycles. The van der Waals surface area contributed by atoms with Crippen LogP contribution in [0.1, 0.15) is 11.3 Å². The van der Waals surface area contributed by atoms with Gasteiger partial charge in [0.2, 0.25) is 6.10 Å². The zero-order chi connectivity index (χ0) is 14.1. The molecule has 0 bridgehead atoms. The number of nitrogens with one attached hydrogen (secondary N) is 1. The van der Waals surface area contributed by atoms with Gasteiger partial charge >= 0.3 is 0 Å². The van der Waals surface area contributed by atoms with E-state index < -0.39 is 6.10 Å². The molecule has 1 atom stereocenters. The molecule has 6 nitrogen and oxygen atoms in total. The van der Waals surface area contributed by atoms with Crippen molar-refractivity contribution in [2.24, 2.45) is 12.2 Å². The average Bonchev–Trinajstić information content (AvgIpc) is 3.10. The summed E-state index contributed by atoms with van der Waals surface area (Å²) >= 11 is 7.29. The molecule has 2 aromatic rings. The number of anilines is 1. The van der Waals surface area contributed by atoms with E-state index in [-0.39, 0.29) is 5.91 Å². The molecule has 0 radical (unpaired) electrons. The van der Waals surface area contributed by atoms with E-state index in [0.29, 0.717) is 16.6 Å². The number of carbonyl (C=O) groups is 1. The lowest BCUT2D eigenvalue weighted by Gasteiger charge is -2.06. The number of hydrogen-bond donors (Lipinski definition) is 1. The van der Waals surface area contributed by atoms with E-state index in [9.17, 15) is 4.79 Å². The van der Waals surface area contributed by atoms with E-state index in [1.54, 1.807) is 30.1 Å². The lowest BCUT2D eigenvalue weighted by molar-refractivity contribution is -0.125. The van der Waals surface area contributed by atoms with E-state index in [4.69, 9.17) is 16.4 Å². The third-order valence-electron chi connectivity index (χ3n) is 2.78. The first-order chi connectivity index (χ1) is 9.61. The molecule has 3 heterocycles. The van der Waals surface area contributed by atoms with Crippen LogP contribution in [0.25, 0.3) is 0 Å². The third-order valence-corrected chi connectivity index (χ3v) is 4.06. The van der Waals surface area contributed by atoms with Gasteiger partial charge in [-0.1, -0.05) is 16.8 Å². The molecule has 1 N–H and O–H groups in total. The van der Waals surface area contributed by atoms with Crippen LogP contribution in [0.15, 0.2) is 29.6 Å². The molecule has 8 heteroatoms. The standard InChI is InChI=1S/C12H11ClN4O2S/c1-17-5-4-11(15-17)14-12(18)8-6-7(16-19-8)9-2-3-10(13)20-9/h2-5,8H,6H2,1H3,(H,14,15,18)/t8-/m1/s1. The van der Waals surface area contributed by atoms with Crippen LogP contribution in [0.4, 0.5) is 5.82 Å². The van der Waals surface area contributed by atoms with Gasteiger partial charge in [0.1, 0.15) is 5.71 Å². The topological polar surface area (TPSA) is 68.5 Å². The fourth-order valence-electron chi connectivity index (χ4n) is 1.82. The van der Waals surface area contributed by atoms with Crippen molar-refractivity contribution >= 4 is 40.4 Å². The second kappa shape index (κ2) is 5.26. The molecule has 0 aromatic carbocycles. The van der Waals surface area contributed by atoms with Crippen LogP contribution in [0.5, 0.6) is 0 Å². The molecule has 2 aromatic heterocycles. The number of nitrogens with zero attached hydrogens (tertiary/aromatic N) is 3. The van der Waals surface area contributed by atoms with Crippen LogP contribution in [0.3, 0.4) is 0 Å². The van der Waals surface area contributed by atoms with E-state index >= 15 is 0 Å². The van der Waals surface area contributed by atoms with Crippen molar-refractivity contribution in [3.05, 3.63) is 33.6 Å². The second-order valence-electron chi connectivity index (χ2n) is 4.30. The maximum Gasteiger partial charge on any atom is 0.269 e. The van der Waals surface area contributed by atoms with Gasteiger partial charge in [0.05, 0.1) is 9.21 Å². The van der Waals surface area contributed by atoms with Gasteiger partial charge in [-0.3, -0.25) is 9.48 Å². The maximum absolute atomic E-state index is 12.0. The Morgan fingerprint density at radius 3 is 3.05 bits per heavy atom. The summed E-state index contributed by atoms with van der Waals surface area (Å²) in [4.78, 5) is 18.1. The minimum absolute atomic E-state index is 0.259. The Labute approximate surface area is 124 Å². The molecule has 1 aliphatic rings. The van der Waals surface area contributed by atoms with Crippen molar-refractivity contribution in [3.8, 4) is 0 Å². The highest BCUT2D eigenvalue weighted by molar-refractivity contribution is 7.18. The number of hydrogen-bond acceptors (Lipinski definition) is 5. The molecule has 0 fully saturated rings. The molecular formula is C12H11ClN4O2S. The van der Waals surface area contributed by atoms with Crippen LogP contribution < -0.4 is 5.32 Å². The third kappa shape index (κ3) is 2.68. The summed E-state index contributed by atoms with van der Waals surface area (Å²) in [5.74, 6) is 0.235. The quantitative estimate of drug-likeness (QED) is 0.945. The monoisotopic (exact) mass is 310 g/mol. The fraction of sp³-hybridized carbons (Fsp3) is 0.250. The lowest BCUT2D eigenvalue weighted by Crippen LogP contribution is -2.28. The van der Waals surface area contributed by atoms with Gasteiger partial charge < -0.3 is 10.2 Å². The van der Waals surface area contributed by atoms with E-state index in [2.05, 4.69) is 15.6 Å². The summed E-state index contributed by atoms with van der Waals surface area (Å²) in [5, 5.41) is 10.7. The first kappa shape index (κ1) is 13.1. The van der Waals surface area contributed by atoms with Crippen LogP contribution in [0.2, 0.25) is 4.34 Å². The number of oxime groups is 1. The van der Waals surface area contributed by atoms with Gasteiger partial charge in [0.25, 0.3) is 5.91 Å². The summed E-state index contributed by atoms with van der Waals surface area (Å²) < 4.78 is 2.30. The van der Waals surface area contributed by atoms with Gasteiger partial charge in [-0.15, -0.1) is 11.3 Å². The van der Waals surface area contributed by atoms with Crippen molar-refractivity contribution in [2.45, 2.75) is 12.5 Å². The predicted octanol–water partition coefficient (Wildman–Crippen LogP) is 2.27. The zero-order valence-electron chi connectivity index (χ0n) is 10.5. The Balaban J connectivity index is 1.62. The van der Waals surface area contributed by atoms with E-state index in [1.165, 1.54) is 11.3 Å². The van der Waals surface area contributed by atoms with Gasteiger partial charge in [-0.25, -0.2) is 0 Å². The molecule has 1 aliphatic heterocycles.